The molecule has 0 radical (unpaired) electrons. The van der Waals surface area contributed by atoms with E-state index in [4.69, 9.17) is 29.2 Å². The molecule has 2 aromatic carbocycles. The van der Waals surface area contributed by atoms with Gasteiger partial charge in [0.05, 0.1) is 53.0 Å². The van der Waals surface area contributed by atoms with Crippen LogP contribution in [0, 0.1) is 17.7 Å². The van der Waals surface area contributed by atoms with Crippen LogP contribution < -0.4 is 15.4 Å². The predicted molar refractivity (Wildman–Crippen MR) is 258 cm³/mol. The zero-order chi connectivity index (χ0) is 47.5. The molecule has 0 bridgehead atoms. The van der Waals surface area contributed by atoms with E-state index in [1.165, 1.54) is 14.2 Å². The summed E-state index contributed by atoms with van der Waals surface area (Å²) in [6, 6.07) is 9.88. The predicted octanol–water partition coefficient (Wildman–Crippen LogP) is 8.84. The van der Waals surface area contributed by atoms with Crippen molar-refractivity contribution in [2.75, 3.05) is 27.3 Å². The quantitative estimate of drug-likeness (QED) is 0.142. The number of aliphatic imine (C=N–C) groups is 2. The maximum absolute atomic E-state index is 16.9. The minimum atomic E-state index is -0.741. The van der Waals surface area contributed by atoms with Gasteiger partial charge in [-0.3, -0.25) is 24.1 Å². The van der Waals surface area contributed by atoms with E-state index in [2.05, 4.69) is 33.4 Å². The molecule has 1 aliphatic carbocycles. The molecule has 6 aliphatic rings. The molecule has 356 valence electrons. The number of likely N-dealkylation sites (tertiary alicyclic amines) is 2. The number of benzene rings is 2. The second-order valence-electron chi connectivity index (χ2n) is 19.3. The summed E-state index contributed by atoms with van der Waals surface area (Å²) in [6.07, 6.45) is 10.1. The summed E-state index contributed by atoms with van der Waals surface area (Å²) >= 11 is 1.64. The third kappa shape index (κ3) is 8.36. The van der Waals surface area contributed by atoms with Crippen molar-refractivity contribution >= 4 is 68.8 Å². The highest BCUT2D eigenvalue weighted by Crippen LogP contribution is 2.50. The average molecular weight is 945 g/mol. The van der Waals surface area contributed by atoms with Gasteiger partial charge in [0.1, 0.15) is 23.7 Å². The number of ether oxygens (including phenoxy) is 3. The lowest BCUT2D eigenvalue weighted by atomic mass is 9.95. The number of allylic oxidation sites excluding steroid dienone is 2. The van der Waals surface area contributed by atoms with Crippen LogP contribution in [0.1, 0.15) is 112 Å². The van der Waals surface area contributed by atoms with Crippen molar-refractivity contribution in [1.82, 2.24) is 30.0 Å². The van der Waals surface area contributed by atoms with Gasteiger partial charge >= 0.3 is 12.2 Å². The van der Waals surface area contributed by atoms with Crippen molar-refractivity contribution in [2.24, 2.45) is 21.8 Å². The average Bonchev–Trinajstić information content (AvgIpc) is 4.05. The number of hydrogen-bond donors (Lipinski definition) is 2. The fraction of sp³-hybridized carbons (Fsp3) is 0.471. The summed E-state index contributed by atoms with van der Waals surface area (Å²) in [7, 11) is 2.57. The Morgan fingerprint density at radius 3 is 1.93 bits per heavy atom. The van der Waals surface area contributed by atoms with E-state index in [1.807, 2.05) is 62.0 Å². The van der Waals surface area contributed by atoms with Crippen molar-refractivity contribution in [3.8, 4) is 17.0 Å². The van der Waals surface area contributed by atoms with Gasteiger partial charge in [0.25, 0.3) is 0 Å². The zero-order valence-electron chi connectivity index (χ0n) is 39.2. The van der Waals surface area contributed by atoms with Crippen LogP contribution >= 0.6 is 11.3 Å². The largest absolute Gasteiger partial charge is 0.464 e. The number of thiazole rings is 1. The lowest BCUT2D eigenvalue weighted by Crippen LogP contribution is -2.53. The smallest absolute Gasteiger partial charge is 0.407 e. The Labute approximate surface area is 398 Å². The highest BCUT2D eigenvalue weighted by Gasteiger charge is 2.41. The Balaban J connectivity index is 0.913. The topological polar surface area (TPSA) is 169 Å². The van der Waals surface area contributed by atoms with Crippen LogP contribution in [0.15, 0.2) is 65.0 Å². The second-order valence-corrected chi connectivity index (χ2v) is 20.4. The molecule has 2 aromatic heterocycles. The van der Waals surface area contributed by atoms with Crippen LogP contribution in [-0.4, -0.2) is 106 Å². The van der Waals surface area contributed by atoms with Gasteiger partial charge in [-0.15, -0.1) is 11.3 Å². The van der Waals surface area contributed by atoms with Crippen molar-refractivity contribution in [1.29, 1.82) is 0 Å². The first-order valence-corrected chi connectivity index (χ1v) is 24.6. The van der Waals surface area contributed by atoms with Gasteiger partial charge in [0, 0.05) is 67.3 Å². The summed E-state index contributed by atoms with van der Waals surface area (Å²) in [5.41, 5.74) is 7.19. The van der Waals surface area contributed by atoms with Gasteiger partial charge in [-0.05, 0) is 103 Å². The van der Waals surface area contributed by atoms with Crippen LogP contribution in [0.2, 0.25) is 0 Å². The molecule has 7 heterocycles. The Hall–Kier alpha value is -6.36. The molecular weight excluding hydrogens is 888 g/mol. The number of amides is 4. The third-order valence-electron chi connectivity index (χ3n) is 14.2. The summed E-state index contributed by atoms with van der Waals surface area (Å²) in [4.78, 5) is 71.0. The first-order chi connectivity index (χ1) is 32.8. The maximum atomic E-state index is 16.9. The van der Waals surface area contributed by atoms with E-state index in [1.54, 1.807) is 23.6 Å². The number of nitrogens with zero attached hydrogens (tertiary/aromatic N) is 6. The zero-order valence-corrected chi connectivity index (χ0v) is 40.0. The van der Waals surface area contributed by atoms with Gasteiger partial charge < -0.3 is 34.6 Å². The fourth-order valence-electron chi connectivity index (χ4n) is 10.4. The molecule has 2 saturated heterocycles. The molecular formula is C51H57FN8O7S. The van der Waals surface area contributed by atoms with Crippen molar-refractivity contribution < 1.29 is 37.8 Å². The molecule has 5 aliphatic heterocycles. The van der Waals surface area contributed by atoms with Crippen LogP contribution in [0.25, 0.3) is 33.3 Å². The number of rotatable bonds is 12. The maximum Gasteiger partial charge on any atom is 0.407 e. The van der Waals surface area contributed by atoms with Gasteiger partial charge in [-0.25, -0.2) is 19.0 Å². The number of halogens is 1. The molecule has 0 spiro atoms. The first kappa shape index (κ1) is 45.4. The second kappa shape index (κ2) is 18.3. The Bertz CT molecular complexity index is 2840. The van der Waals surface area contributed by atoms with E-state index >= 15 is 4.39 Å². The molecule has 10 rings (SSSR count). The van der Waals surface area contributed by atoms with Gasteiger partial charge in [0.2, 0.25) is 18.0 Å². The standard InChI is InChI=1S/C51H57FN8O7S/c1-26(2)44(56-50(63)65-5)47(61)58-15-7-9-38(58)35-19-32(23-53-35)29-13-14-37-31(17-29)21-40-43-34(52)18-30(22-41(43)67-49(60(37)40)42-25-55-46(68-42)28-11-12-28)33-20-36(54-24-33)39-10-8-16-59(39)48(62)45(27(3)4)57-51(64)66-6/h13-14,17-18,21-28,38-39,44-45,49H,7-12,15-16,19-20H2,1-6H3,(H,56,63)(H,57,64)/t38-,39-,44-,45-,49?/m0/s1. The van der Waals surface area contributed by atoms with Crippen LogP contribution in [-0.2, 0) is 19.1 Å². The van der Waals surface area contributed by atoms with Gasteiger partial charge in [-0.1, -0.05) is 33.8 Å². The highest BCUT2D eigenvalue weighted by molar-refractivity contribution is 7.11. The number of carbonyl (C=O) groups excluding carboxylic acids is 4. The Kier molecular flexibility index (Phi) is 12.2. The minimum absolute atomic E-state index is 0.130. The molecule has 17 heteroatoms. The SMILES string of the molecule is COC(=O)N[C@H](C(=O)N1CCC[C@H]1C1=NC=C(c2cc(F)c3c(c2)OC(c2cnc(C4CC4)s2)n2c-3cc3cc(C4=CN=C([C@@H]5CCCN5C(=O)[C@@H](NC(=O)OC)C(C)C)C4)ccc32)C1)C(C)C. The molecule has 1 saturated carbocycles. The molecule has 68 heavy (non-hydrogen) atoms. The summed E-state index contributed by atoms with van der Waals surface area (Å²) in [6.45, 7) is 8.72. The third-order valence-corrected chi connectivity index (χ3v) is 15.4. The number of methoxy groups -OCH3 is 2. The summed E-state index contributed by atoms with van der Waals surface area (Å²) < 4.78 is 35.5. The lowest BCUT2D eigenvalue weighted by Gasteiger charge is -2.31. The van der Waals surface area contributed by atoms with E-state index in [-0.39, 0.29) is 35.7 Å². The number of alkyl carbamates (subject to hydrolysis) is 2. The minimum Gasteiger partial charge on any atom is -0.464 e. The molecule has 2 N–H and O–H groups in total. The lowest BCUT2D eigenvalue weighted by molar-refractivity contribution is -0.134. The van der Waals surface area contributed by atoms with Crippen LogP contribution in [0.3, 0.4) is 0 Å². The van der Waals surface area contributed by atoms with Crippen molar-refractivity contribution in [2.45, 2.75) is 115 Å². The van der Waals surface area contributed by atoms with Crippen LogP contribution in [0.4, 0.5) is 14.0 Å². The number of hydrogen-bond acceptors (Lipinski definition) is 11. The monoisotopic (exact) mass is 944 g/mol. The van der Waals surface area contributed by atoms with Crippen molar-refractivity contribution in [3.05, 3.63) is 81.8 Å². The normalized spacial score (nSPS) is 21.8. The molecule has 3 fully saturated rings. The number of carbonyl (C=O) groups is 4. The summed E-state index contributed by atoms with van der Waals surface area (Å²) in [5.74, 6) is -0.126. The molecule has 1 unspecified atom stereocenters. The van der Waals surface area contributed by atoms with E-state index < -0.39 is 36.3 Å². The highest BCUT2D eigenvalue weighted by atomic mass is 32.1. The summed E-state index contributed by atoms with van der Waals surface area (Å²) in [5, 5.41) is 7.44. The Morgan fingerprint density at radius 2 is 1.37 bits per heavy atom. The number of fused-ring (bicyclic) bond motifs is 5. The van der Waals surface area contributed by atoms with Gasteiger partial charge in [-0.2, -0.15) is 0 Å². The molecule has 4 aromatic rings. The number of aromatic nitrogens is 2. The van der Waals surface area contributed by atoms with Crippen molar-refractivity contribution in [3.63, 3.8) is 0 Å². The van der Waals surface area contributed by atoms with E-state index in [9.17, 15) is 19.2 Å². The Morgan fingerprint density at radius 1 is 0.779 bits per heavy atom. The van der Waals surface area contributed by atoms with Crippen LogP contribution in [0.5, 0.6) is 5.75 Å². The van der Waals surface area contributed by atoms with Gasteiger partial charge in [0.15, 0.2) is 0 Å². The molecule has 5 atom stereocenters. The van der Waals surface area contributed by atoms with E-state index in [0.29, 0.717) is 54.4 Å². The molecule has 4 amide bonds. The first-order valence-electron chi connectivity index (χ1n) is 23.7. The number of nitrogens with one attached hydrogen (secondary N) is 2. The molecule has 15 nitrogen and oxygen atoms in total. The van der Waals surface area contributed by atoms with E-state index in [0.717, 1.165) is 87.4 Å². The fourth-order valence-corrected chi connectivity index (χ4v) is 11.6.